The van der Waals surface area contributed by atoms with Crippen molar-refractivity contribution in [1.29, 1.82) is 0 Å². The van der Waals surface area contributed by atoms with E-state index < -0.39 is 0 Å². The Morgan fingerprint density at radius 1 is 1.35 bits per heavy atom. The summed E-state index contributed by atoms with van der Waals surface area (Å²) in [5, 5.41) is 3.06. The fourth-order valence-electron chi connectivity index (χ4n) is 1.62. The molecule has 90 valence electrons. The van der Waals surface area contributed by atoms with E-state index in [1.165, 1.54) is 6.07 Å². The Bertz CT molecular complexity index is 482. The normalized spacial score (nSPS) is 10.7. The van der Waals surface area contributed by atoms with Crippen LogP contribution in [0.25, 0.3) is 11.5 Å². The summed E-state index contributed by atoms with van der Waals surface area (Å²) in [5.74, 6) is 0.831. The molecule has 2 rings (SSSR count). The monoisotopic (exact) mass is 234 g/mol. The van der Waals surface area contributed by atoms with Gasteiger partial charge in [0.15, 0.2) is 0 Å². The van der Waals surface area contributed by atoms with Gasteiger partial charge in [-0.1, -0.05) is 12.1 Å². The molecule has 0 spiro atoms. The zero-order chi connectivity index (χ0) is 12.1. The lowest BCUT2D eigenvalue weighted by Gasteiger charge is -1.98. The van der Waals surface area contributed by atoms with Gasteiger partial charge in [0.2, 0.25) is 5.89 Å². The first-order valence-corrected chi connectivity index (χ1v) is 5.65. The summed E-state index contributed by atoms with van der Waals surface area (Å²) < 4.78 is 19.0. The number of oxazole rings is 1. The molecule has 4 heteroatoms. The molecular weight excluding hydrogens is 219 g/mol. The van der Waals surface area contributed by atoms with Crippen LogP contribution in [-0.2, 0) is 6.42 Å². The lowest BCUT2D eigenvalue weighted by molar-refractivity contribution is 0.503. The summed E-state index contributed by atoms with van der Waals surface area (Å²) in [6, 6.07) is 6.48. The highest BCUT2D eigenvalue weighted by molar-refractivity contribution is 5.53. The van der Waals surface area contributed by atoms with Crippen molar-refractivity contribution in [2.24, 2.45) is 0 Å². The first-order chi connectivity index (χ1) is 8.31. The summed E-state index contributed by atoms with van der Waals surface area (Å²) in [5.41, 5.74) is 0.410. The Kier molecular flexibility index (Phi) is 3.88. The van der Waals surface area contributed by atoms with E-state index in [0.717, 1.165) is 25.1 Å². The molecule has 0 unspecified atom stereocenters. The smallest absolute Gasteiger partial charge is 0.229 e. The number of aryl methyl sites for hydroxylation is 1. The molecule has 0 fully saturated rings. The Labute approximate surface area is 99.7 Å². The van der Waals surface area contributed by atoms with Crippen LogP contribution < -0.4 is 5.32 Å². The highest BCUT2D eigenvalue weighted by atomic mass is 19.1. The molecule has 2 aromatic rings. The summed E-state index contributed by atoms with van der Waals surface area (Å²) in [7, 11) is 1.91. The van der Waals surface area contributed by atoms with Gasteiger partial charge in [-0.25, -0.2) is 9.37 Å². The van der Waals surface area contributed by atoms with E-state index in [-0.39, 0.29) is 5.82 Å². The predicted molar refractivity (Wildman–Crippen MR) is 64.1 cm³/mol. The molecule has 17 heavy (non-hydrogen) atoms. The van der Waals surface area contributed by atoms with E-state index in [1.807, 2.05) is 7.05 Å². The van der Waals surface area contributed by atoms with Crippen LogP contribution in [0.4, 0.5) is 4.39 Å². The molecule has 0 bridgehead atoms. The van der Waals surface area contributed by atoms with Crippen LogP contribution in [0.2, 0.25) is 0 Å². The van der Waals surface area contributed by atoms with Gasteiger partial charge in [-0.15, -0.1) is 0 Å². The number of rotatable bonds is 5. The Balaban J connectivity index is 2.10. The first-order valence-electron chi connectivity index (χ1n) is 5.65. The largest absolute Gasteiger partial charge is 0.441 e. The molecule has 0 amide bonds. The molecule has 0 aliphatic carbocycles. The number of hydrogen-bond donors (Lipinski definition) is 1. The lowest BCUT2D eigenvalue weighted by Crippen LogP contribution is -2.08. The van der Waals surface area contributed by atoms with E-state index in [0.29, 0.717) is 11.5 Å². The van der Waals surface area contributed by atoms with Gasteiger partial charge in [0.1, 0.15) is 11.6 Å². The molecule has 0 atom stereocenters. The molecule has 3 nitrogen and oxygen atoms in total. The van der Waals surface area contributed by atoms with Crippen LogP contribution >= 0.6 is 0 Å². The average molecular weight is 234 g/mol. The van der Waals surface area contributed by atoms with E-state index in [4.69, 9.17) is 4.42 Å². The summed E-state index contributed by atoms with van der Waals surface area (Å²) in [6.45, 7) is 0.926. The molecule has 0 aliphatic heterocycles. The van der Waals surface area contributed by atoms with Crippen LogP contribution in [0.15, 0.2) is 34.9 Å². The van der Waals surface area contributed by atoms with Crippen molar-refractivity contribution in [3.8, 4) is 11.5 Å². The number of hydrogen-bond acceptors (Lipinski definition) is 3. The second-order valence-electron chi connectivity index (χ2n) is 3.82. The average Bonchev–Trinajstić information content (AvgIpc) is 2.79. The van der Waals surface area contributed by atoms with Gasteiger partial charge in [0, 0.05) is 6.42 Å². The predicted octanol–water partition coefficient (Wildman–Crippen LogP) is 2.63. The zero-order valence-electron chi connectivity index (χ0n) is 9.74. The van der Waals surface area contributed by atoms with Crippen LogP contribution in [0.3, 0.4) is 0 Å². The van der Waals surface area contributed by atoms with E-state index >= 15 is 0 Å². The van der Waals surface area contributed by atoms with Crippen molar-refractivity contribution in [2.45, 2.75) is 12.8 Å². The van der Waals surface area contributed by atoms with Gasteiger partial charge in [0.05, 0.1) is 11.8 Å². The minimum Gasteiger partial charge on any atom is -0.441 e. The summed E-state index contributed by atoms with van der Waals surface area (Å²) in [4.78, 5) is 4.10. The van der Waals surface area contributed by atoms with Crippen molar-refractivity contribution in [3.63, 3.8) is 0 Å². The number of nitrogens with zero attached hydrogens (tertiary/aromatic N) is 1. The number of aromatic nitrogens is 1. The van der Waals surface area contributed by atoms with Gasteiger partial charge >= 0.3 is 0 Å². The topological polar surface area (TPSA) is 38.1 Å². The maximum absolute atomic E-state index is 13.5. The van der Waals surface area contributed by atoms with Gasteiger partial charge in [-0.2, -0.15) is 0 Å². The van der Waals surface area contributed by atoms with Crippen molar-refractivity contribution in [3.05, 3.63) is 42.0 Å². The lowest BCUT2D eigenvalue weighted by atomic mass is 10.2. The van der Waals surface area contributed by atoms with Crippen LogP contribution in [0, 0.1) is 5.82 Å². The van der Waals surface area contributed by atoms with Crippen molar-refractivity contribution in [1.82, 2.24) is 10.3 Å². The standard InChI is InChI=1S/C13H15FN2O/c1-15-8-4-5-10-9-16-13(17-10)11-6-2-3-7-12(11)14/h2-3,6-7,9,15H,4-5,8H2,1H3. The SMILES string of the molecule is CNCCCc1cnc(-c2ccccc2F)o1. The molecule has 0 radical (unpaired) electrons. The van der Waals surface area contributed by atoms with Crippen LogP contribution in [0.1, 0.15) is 12.2 Å². The summed E-state index contributed by atoms with van der Waals surface area (Å²) >= 11 is 0. The number of benzene rings is 1. The highest BCUT2D eigenvalue weighted by Crippen LogP contribution is 2.22. The zero-order valence-corrected chi connectivity index (χ0v) is 9.74. The Hall–Kier alpha value is -1.68. The number of halogens is 1. The van der Waals surface area contributed by atoms with Gasteiger partial charge in [-0.3, -0.25) is 0 Å². The molecular formula is C13H15FN2O. The third kappa shape index (κ3) is 2.91. The van der Waals surface area contributed by atoms with Gasteiger partial charge in [-0.05, 0) is 32.1 Å². The van der Waals surface area contributed by atoms with E-state index in [1.54, 1.807) is 24.4 Å². The van der Waals surface area contributed by atoms with E-state index in [2.05, 4.69) is 10.3 Å². The van der Waals surface area contributed by atoms with Crippen molar-refractivity contribution < 1.29 is 8.81 Å². The van der Waals surface area contributed by atoms with Crippen molar-refractivity contribution >= 4 is 0 Å². The van der Waals surface area contributed by atoms with Crippen LogP contribution in [0.5, 0.6) is 0 Å². The fourth-order valence-corrected chi connectivity index (χ4v) is 1.62. The van der Waals surface area contributed by atoms with E-state index in [9.17, 15) is 4.39 Å². The highest BCUT2D eigenvalue weighted by Gasteiger charge is 2.10. The maximum Gasteiger partial charge on any atom is 0.229 e. The second kappa shape index (κ2) is 5.59. The van der Waals surface area contributed by atoms with Gasteiger partial charge in [0.25, 0.3) is 0 Å². The summed E-state index contributed by atoms with van der Waals surface area (Å²) in [6.07, 6.45) is 3.45. The number of nitrogens with one attached hydrogen (secondary N) is 1. The molecule has 1 heterocycles. The minimum absolute atomic E-state index is 0.309. The first kappa shape index (κ1) is 11.8. The maximum atomic E-state index is 13.5. The molecule has 0 saturated carbocycles. The Morgan fingerprint density at radius 3 is 2.94 bits per heavy atom. The minimum atomic E-state index is -0.309. The molecule has 0 saturated heterocycles. The third-order valence-electron chi connectivity index (χ3n) is 2.51. The fraction of sp³-hybridized carbons (Fsp3) is 0.308. The van der Waals surface area contributed by atoms with Crippen molar-refractivity contribution in [2.75, 3.05) is 13.6 Å². The molecule has 1 N–H and O–H groups in total. The quantitative estimate of drug-likeness (QED) is 0.808. The van der Waals surface area contributed by atoms with Crippen LogP contribution in [-0.4, -0.2) is 18.6 Å². The molecule has 0 aliphatic rings. The molecule has 1 aromatic carbocycles. The second-order valence-corrected chi connectivity index (χ2v) is 3.82. The molecule has 1 aromatic heterocycles. The third-order valence-corrected chi connectivity index (χ3v) is 2.51. The van der Waals surface area contributed by atoms with Gasteiger partial charge < -0.3 is 9.73 Å². The Morgan fingerprint density at radius 2 is 2.18 bits per heavy atom.